The SMILES string of the molecule is COc1ccc(COC(=O)c2c(C)cc(C)nc2Cl)cc1Br. The van der Waals surface area contributed by atoms with Gasteiger partial charge in [0.25, 0.3) is 0 Å². The molecule has 0 bridgehead atoms. The van der Waals surface area contributed by atoms with Gasteiger partial charge in [-0.2, -0.15) is 0 Å². The summed E-state index contributed by atoms with van der Waals surface area (Å²) in [7, 11) is 1.59. The van der Waals surface area contributed by atoms with Crippen LogP contribution >= 0.6 is 27.5 Å². The molecule has 0 unspecified atom stereocenters. The lowest BCUT2D eigenvalue weighted by Crippen LogP contribution is -2.09. The Morgan fingerprint density at radius 1 is 1.32 bits per heavy atom. The number of benzene rings is 1. The van der Waals surface area contributed by atoms with Crippen molar-refractivity contribution in [2.45, 2.75) is 20.5 Å². The molecule has 0 saturated heterocycles. The zero-order chi connectivity index (χ0) is 16.3. The van der Waals surface area contributed by atoms with Crippen LogP contribution in [0.5, 0.6) is 5.75 Å². The largest absolute Gasteiger partial charge is 0.496 e. The zero-order valence-electron chi connectivity index (χ0n) is 12.4. The van der Waals surface area contributed by atoms with E-state index >= 15 is 0 Å². The Labute approximate surface area is 142 Å². The van der Waals surface area contributed by atoms with Gasteiger partial charge in [-0.1, -0.05) is 17.7 Å². The highest BCUT2D eigenvalue weighted by atomic mass is 79.9. The number of carbonyl (C=O) groups is 1. The number of aromatic nitrogens is 1. The molecule has 0 aliphatic rings. The van der Waals surface area contributed by atoms with Crippen LogP contribution in [0.2, 0.25) is 5.15 Å². The van der Waals surface area contributed by atoms with E-state index in [0.29, 0.717) is 5.56 Å². The topological polar surface area (TPSA) is 48.4 Å². The minimum Gasteiger partial charge on any atom is -0.496 e. The van der Waals surface area contributed by atoms with Gasteiger partial charge in [-0.15, -0.1) is 0 Å². The van der Waals surface area contributed by atoms with E-state index in [-0.39, 0.29) is 11.8 Å². The van der Waals surface area contributed by atoms with Crippen LogP contribution in [0.15, 0.2) is 28.7 Å². The van der Waals surface area contributed by atoms with Crippen molar-refractivity contribution < 1.29 is 14.3 Å². The molecule has 116 valence electrons. The Kier molecular flexibility index (Phi) is 5.42. The summed E-state index contributed by atoms with van der Waals surface area (Å²) >= 11 is 9.43. The molecule has 2 aromatic rings. The molecule has 0 aliphatic carbocycles. The molecule has 0 atom stereocenters. The number of nitrogens with zero attached hydrogens (tertiary/aromatic N) is 1. The highest BCUT2D eigenvalue weighted by molar-refractivity contribution is 9.10. The number of esters is 1. The van der Waals surface area contributed by atoms with Gasteiger partial charge in [0.1, 0.15) is 17.5 Å². The number of halogens is 2. The maximum atomic E-state index is 12.2. The molecule has 0 radical (unpaired) electrons. The van der Waals surface area contributed by atoms with Crippen molar-refractivity contribution in [3.05, 3.63) is 56.3 Å². The molecule has 0 saturated carbocycles. The Morgan fingerprint density at radius 2 is 2.05 bits per heavy atom. The summed E-state index contributed by atoms with van der Waals surface area (Å²) in [5, 5.41) is 0.165. The van der Waals surface area contributed by atoms with Crippen molar-refractivity contribution in [3.63, 3.8) is 0 Å². The minimum atomic E-state index is -0.484. The number of aryl methyl sites for hydroxylation is 2. The third-order valence-corrected chi connectivity index (χ3v) is 3.98. The average molecular weight is 385 g/mol. The predicted molar refractivity (Wildman–Crippen MR) is 88.5 cm³/mol. The molecule has 22 heavy (non-hydrogen) atoms. The average Bonchev–Trinajstić information content (AvgIpc) is 2.44. The maximum Gasteiger partial charge on any atom is 0.341 e. The second-order valence-corrected chi connectivity index (χ2v) is 6.00. The highest BCUT2D eigenvalue weighted by Crippen LogP contribution is 2.26. The number of carbonyl (C=O) groups excluding carboxylic acids is 1. The molecule has 0 aliphatic heterocycles. The molecule has 0 amide bonds. The van der Waals surface area contributed by atoms with Crippen molar-refractivity contribution in [2.75, 3.05) is 7.11 Å². The molecule has 6 heteroatoms. The summed E-state index contributed by atoms with van der Waals surface area (Å²) in [5.74, 6) is 0.235. The number of methoxy groups -OCH3 is 1. The predicted octanol–water partition coefficient (Wildman–Crippen LogP) is 4.48. The van der Waals surface area contributed by atoms with Crippen LogP contribution in [0.25, 0.3) is 0 Å². The van der Waals surface area contributed by atoms with Gasteiger partial charge in [-0.25, -0.2) is 9.78 Å². The minimum absolute atomic E-state index is 0.144. The number of pyridine rings is 1. The first kappa shape index (κ1) is 16.8. The fraction of sp³-hybridized carbons (Fsp3) is 0.250. The molecule has 0 spiro atoms. The summed E-state index contributed by atoms with van der Waals surface area (Å²) in [6.45, 7) is 3.77. The number of hydrogen-bond acceptors (Lipinski definition) is 4. The first-order valence-electron chi connectivity index (χ1n) is 6.55. The molecule has 1 aromatic carbocycles. The normalized spacial score (nSPS) is 10.4. The molecule has 0 fully saturated rings. The van der Waals surface area contributed by atoms with Crippen LogP contribution in [0, 0.1) is 13.8 Å². The molecule has 4 nitrogen and oxygen atoms in total. The summed E-state index contributed by atoms with van der Waals surface area (Å²) in [6, 6.07) is 7.28. The van der Waals surface area contributed by atoms with Crippen LogP contribution in [-0.2, 0) is 11.3 Å². The lowest BCUT2D eigenvalue weighted by atomic mass is 10.1. The number of ether oxygens (including phenoxy) is 2. The lowest BCUT2D eigenvalue weighted by molar-refractivity contribution is 0.0471. The summed E-state index contributed by atoms with van der Waals surface area (Å²) < 4.78 is 11.3. The van der Waals surface area contributed by atoms with Crippen LogP contribution < -0.4 is 4.74 Å². The van der Waals surface area contributed by atoms with E-state index in [2.05, 4.69) is 20.9 Å². The Morgan fingerprint density at radius 3 is 2.64 bits per heavy atom. The molecular weight excluding hydrogens is 370 g/mol. The van der Waals surface area contributed by atoms with E-state index < -0.39 is 5.97 Å². The van der Waals surface area contributed by atoms with E-state index in [4.69, 9.17) is 21.1 Å². The third kappa shape index (κ3) is 3.78. The van der Waals surface area contributed by atoms with Crippen molar-refractivity contribution in [3.8, 4) is 5.75 Å². The van der Waals surface area contributed by atoms with Gasteiger partial charge in [-0.05, 0) is 59.1 Å². The van der Waals surface area contributed by atoms with Crippen molar-refractivity contribution in [1.29, 1.82) is 0 Å². The van der Waals surface area contributed by atoms with E-state index in [9.17, 15) is 4.79 Å². The lowest BCUT2D eigenvalue weighted by Gasteiger charge is -2.10. The molecule has 2 rings (SSSR count). The fourth-order valence-corrected chi connectivity index (χ4v) is 3.00. The van der Waals surface area contributed by atoms with Gasteiger partial charge in [0, 0.05) is 5.69 Å². The molecule has 1 heterocycles. The van der Waals surface area contributed by atoms with E-state index in [1.807, 2.05) is 19.1 Å². The maximum absolute atomic E-state index is 12.2. The highest BCUT2D eigenvalue weighted by Gasteiger charge is 2.17. The summed E-state index contributed by atoms with van der Waals surface area (Å²) in [4.78, 5) is 16.3. The van der Waals surface area contributed by atoms with Gasteiger partial charge < -0.3 is 9.47 Å². The number of rotatable bonds is 4. The first-order valence-corrected chi connectivity index (χ1v) is 7.72. The second kappa shape index (κ2) is 7.11. The van der Waals surface area contributed by atoms with Crippen LogP contribution in [0.1, 0.15) is 27.2 Å². The monoisotopic (exact) mass is 383 g/mol. The summed E-state index contributed by atoms with van der Waals surface area (Å²) in [5.41, 5.74) is 2.66. The van der Waals surface area contributed by atoms with E-state index in [1.165, 1.54) is 0 Å². The first-order chi connectivity index (χ1) is 10.4. The van der Waals surface area contributed by atoms with Gasteiger partial charge in [0.05, 0.1) is 17.1 Å². The van der Waals surface area contributed by atoms with Gasteiger partial charge in [0.2, 0.25) is 0 Å². The van der Waals surface area contributed by atoms with Crippen LogP contribution in [0.4, 0.5) is 0 Å². The van der Waals surface area contributed by atoms with Crippen molar-refractivity contribution in [2.24, 2.45) is 0 Å². The molecule has 0 N–H and O–H groups in total. The quantitative estimate of drug-likeness (QED) is 0.576. The van der Waals surface area contributed by atoms with Crippen molar-refractivity contribution >= 4 is 33.5 Å². The van der Waals surface area contributed by atoms with E-state index in [0.717, 1.165) is 27.0 Å². The second-order valence-electron chi connectivity index (χ2n) is 4.79. The van der Waals surface area contributed by atoms with Crippen LogP contribution in [-0.4, -0.2) is 18.1 Å². The van der Waals surface area contributed by atoms with Gasteiger partial charge >= 0.3 is 5.97 Å². The molecular formula is C16H15BrClNO3. The Bertz CT molecular complexity index is 696. The summed E-state index contributed by atoms with van der Waals surface area (Å²) in [6.07, 6.45) is 0. The zero-order valence-corrected chi connectivity index (χ0v) is 14.8. The number of hydrogen-bond donors (Lipinski definition) is 0. The Balaban J connectivity index is 2.12. The fourth-order valence-electron chi connectivity index (χ4n) is 2.06. The van der Waals surface area contributed by atoms with E-state index in [1.54, 1.807) is 26.2 Å². The smallest absolute Gasteiger partial charge is 0.341 e. The van der Waals surface area contributed by atoms with Crippen LogP contribution in [0.3, 0.4) is 0 Å². The van der Waals surface area contributed by atoms with Gasteiger partial charge in [0.15, 0.2) is 0 Å². The Hall–Kier alpha value is -1.59. The molecule has 1 aromatic heterocycles. The van der Waals surface area contributed by atoms with Gasteiger partial charge in [-0.3, -0.25) is 0 Å². The van der Waals surface area contributed by atoms with Crippen molar-refractivity contribution in [1.82, 2.24) is 4.98 Å². The third-order valence-electron chi connectivity index (χ3n) is 3.09. The standard InChI is InChI=1S/C16H15BrClNO3/c1-9-6-10(2)19-15(18)14(9)16(20)22-8-11-4-5-13(21-3)12(17)7-11/h4-7H,8H2,1-3H3.